The summed E-state index contributed by atoms with van der Waals surface area (Å²) in [5, 5.41) is 5.81. The van der Waals surface area contributed by atoms with Crippen molar-refractivity contribution in [3.05, 3.63) is 70.8 Å². The molecular weight excluding hydrogens is 459 g/mol. The van der Waals surface area contributed by atoms with Crippen LogP contribution >= 0.6 is 0 Å². The number of hydrogen-bond acceptors (Lipinski definition) is 4. The van der Waals surface area contributed by atoms with Crippen molar-refractivity contribution in [3.8, 4) is 16.9 Å². The maximum Gasteiger partial charge on any atom is 0.256 e. The van der Waals surface area contributed by atoms with Gasteiger partial charge in [-0.25, -0.2) is 4.39 Å². The summed E-state index contributed by atoms with van der Waals surface area (Å²) in [6.07, 6.45) is 1.68. The molecule has 0 atom stereocenters. The van der Waals surface area contributed by atoms with Gasteiger partial charge in [-0.3, -0.25) is 9.59 Å². The molecular formula is C28H31FN4O3. The number of fused-ring (bicyclic) bond motifs is 1. The number of carbonyl (C=O) groups is 2. The summed E-state index contributed by atoms with van der Waals surface area (Å²) in [6, 6.07) is 11.6. The quantitative estimate of drug-likeness (QED) is 0.380. The highest BCUT2D eigenvalue weighted by molar-refractivity contribution is 6.35. The molecule has 1 aliphatic rings. The third kappa shape index (κ3) is 5.04. The molecule has 0 saturated carbocycles. The van der Waals surface area contributed by atoms with Gasteiger partial charge in [0, 0.05) is 41.3 Å². The summed E-state index contributed by atoms with van der Waals surface area (Å²) in [4.78, 5) is 31.7. The number of likely N-dealkylation sites (N-methyl/N-ethyl adjacent to an activating group) is 1. The normalized spacial score (nSPS) is 13.7. The van der Waals surface area contributed by atoms with E-state index in [1.807, 2.05) is 31.2 Å². The van der Waals surface area contributed by atoms with Crippen molar-refractivity contribution in [3.63, 3.8) is 0 Å². The molecule has 0 radical (unpaired) electrons. The van der Waals surface area contributed by atoms with Gasteiger partial charge in [0.2, 0.25) is 0 Å². The van der Waals surface area contributed by atoms with Crippen molar-refractivity contribution in [2.75, 3.05) is 38.6 Å². The molecule has 1 aromatic heterocycles. The summed E-state index contributed by atoms with van der Waals surface area (Å²) in [5.74, 6) is -0.325. The monoisotopic (exact) mass is 490 g/mol. The molecule has 8 heteroatoms. The maximum atomic E-state index is 14.0. The average molecular weight is 491 g/mol. The van der Waals surface area contributed by atoms with Gasteiger partial charge < -0.3 is 25.3 Å². The number of benzene rings is 2. The Kier molecular flexibility index (Phi) is 7.55. The number of hydrogen-bond donors (Lipinski definition) is 3. The number of nitrogens with one attached hydrogen (secondary N) is 3. The molecule has 2 aromatic carbocycles. The second kappa shape index (κ2) is 10.8. The van der Waals surface area contributed by atoms with Crippen LogP contribution in [-0.4, -0.2) is 55.0 Å². The Labute approximate surface area is 210 Å². The maximum absolute atomic E-state index is 14.0. The molecule has 2 heterocycles. The minimum absolute atomic E-state index is 0.208. The van der Waals surface area contributed by atoms with E-state index in [2.05, 4.69) is 34.4 Å². The molecule has 4 rings (SSSR count). The van der Waals surface area contributed by atoms with Gasteiger partial charge in [0.1, 0.15) is 11.6 Å². The fourth-order valence-electron chi connectivity index (χ4n) is 4.52. The van der Waals surface area contributed by atoms with Gasteiger partial charge in [-0.05, 0) is 62.0 Å². The van der Waals surface area contributed by atoms with Crippen molar-refractivity contribution in [2.45, 2.75) is 20.8 Å². The van der Waals surface area contributed by atoms with E-state index < -0.39 is 5.82 Å². The van der Waals surface area contributed by atoms with E-state index in [1.54, 1.807) is 19.3 Å². The molecule has 188 valence electrons. The minimum Gasteiger partial charge on any atom is -0.497 e. The fourth-order valence-corrected chi connectivity index (χ4v) is 4.52. The topological polar surface area (TPSA) is 86.5 Å². The van der Waals surface area contributed by atoms with Gasteiger partial charge in [-0.1, -0.05) is 26.0 Å². The number of halogens is 1. The molecule has 0 spiro atoms. The van der Waals surface area contributed by atoms with Crippen molar-refractivity contribution in [2.24, 2.45) is 0 Å². The zero-order valence-electron chi connectivity index (χ0n) is 21.0. The molecule has 0 saturated heterocycles. The molecule has 1 aliphatic heterocycles. The number of aromatic nitrogens is 1. The Balaban J connectivity index is 1.79. The van der Waals surface area contributed by atoms with Crippen LogP contribution in [0.25, 0.3) is 22.8 Å². The highest BCUT2D eigenvalue weighted by Gasteiger charge is 2.27. The van der Waals surface area contributed by atoms with Gasteiger partial charge in [0.05, 0.1) is 18.2 Å². The van der Waals surface area contributed by atoms with E-state index in [0.717, 1.165) is 25.2 Å². The van der Waals surface area contributed by atoms with Crippen LogP contribution in [0, 0.1) is 12.7 Å². The van der Waals surface area contributed by atoms with E-state index in [4.69, 9.17) is 4.74 Å². The van der Waals surface area contributed by atoms with Gasteiger partial charge in [-0.2, -0.15) is 0 Å². The number of aromatic amines is 1. The summed E-state index contributed by atoms with van der Waals surface area (Å²) in [5.41, 5.74) is 4.50. The minimum atomic E-state index is -0.430. The van der Waals surface area contributed by atoms with Gasteiger partial charge >= 0.3 is 0 Å². The molecule has 0 unspecified atom stereocenters. The first-order valence-corrected chi connectivity index (χ1v) is 12.1. The van der Waals surface area contributed by atoms with E-state index in [-0.39, 0.29) is 11.8 Å². The lowest BCUT2D eigenvalue weighted by Crippen LogP contribution is -2.35. The van der Waals surface area contributed by atoms with Crippen LogP contribution in [0.5, 0.6) is 5.75 Å². The largest absolute Gasteiger partial charge is 0.497 e. The van der Waals surface area contributed by atoms with Crippen LogP contribution in [0.4, 0.5) is 10.1 Å². The Bertz CT molecular complexity index is 1320. The van der Waals surface area contributed by atoms with Crippen LogP contribution in [0.3, 0.4) is 0 Å². The fraction of sp³-hybridized carbons (Fsp3) is 0.286. The standard InChI is InChI=1S/C28H31FN4O3/c1-5-33(6-2)13-12-30-28(35)25-17(3)31-24(26(25)18-8-7-9-20(14-18)36-4)16-22-21-15-19(29)10-11-23(21)32-27(22)34/h7-11,14-16,31H,5-6,12-13H2,1-4H3,(H,30,35)(H,32,34). The van der Waals surface area contributed by atoms with Crippen LogP contribution < -0.4 is 15.4 Å². The Morgan fingerprint density at radius 2 is 1.94 bits per heavy atom. The lowest BCUT2D eigenvalue weighted by atomic mass is 9.97. The van der Waals surface area contributed by atoms with E-state index in [0.29, 0.717) is 51.6 Å². The zero-order chi connectivity index (χ0) is 25.8. The Hall–Kier alpha value is -3.91. The van der Waals surface area contributed by atoms with Crippen LogP contribution in [0.15, 0.2) is 42.5 Å². The van der Waals surface area contributed by atoms with Crippen LogP contribution in [0.1, 0.15) is 41.2 Å². The van der Waals surface area contributed by atoms with Crippen molar-refractivity contribution >= 4 is 29.2 Å². The van der Waals surface area contributed by atoms with Crippen LogP contribution in [0.2, 0.25) is 0 Å². The molecule has 36 heavy (non-hydrogen) atoms. The number of methoxy groups -OCH3 is 1. The molecule has 0 aliphatic carbocycles. The summed E-state index contributed by atoms with van der Waals surface area (Å²) in [7, 11) is 1.58. The Morgan fingerprint density at radius 1 is 1.17 bits per heavy atom. The number of rotatable bonds is 9. The lowest BCUT2D eigenvalue weighted by Gasteiger charge is -2.18. The first-order chi connectivity index (χ1) is 17.4. The Morgan fingerprint density at radius 3 is 2.67 bits per heavy atom. The smallest absolute Gasteiger partial charge is 0.256 e. The SMILES string of the molecule is CCN(CC)CCNC(=O)c1c(C)[nH]c(C=C2C(=O)Nc3ccc(F)cc32)c1-c1cccc(OC)c1. The van der Waals surface area contributed by atoms with Crippen molar-refractivity contribution in [1.82, 2.24) is 15.2 Å². The first kappa shape index (κ1) is 25.2. The first-order valence-electron chi connectivity index (χ1n) is 12.1. The number of H-pyrrole nitrogens is 1. The number of anilines is 1. The summed E-state index contributed by atoms with van der Waals surface area (Å²) < 4.78 is 19.4. The van der Waals surface area contributed by atoms with E-state index in [1.165, 1.54) is 12.1 Å². The summed E-state index contributed by atoms with van der Waals surface area (Å²) >= 11 is 0. The predicted molar refractivity (Wildman–Crippen MR) is 141 cm³/mol. The highest BCUT2D eigenvalue weighted by atomic mass is 19.1. The second-order valence-corrected chi connectivity index (χ2v) is 8.63. The molecule has 2 amide bonds. The second-order valence-electron chi connectivity index (χ2n) is 8.63. The lowest BCUT2D eigenvalue weighted by molar-refractivity contribution is -0.110. The van der Waals surface area contributed by atoms with E-state index in [9.17, 15) is 14.0 Å². The number of amides is 2. The highest BCUT2D eigenvalue weighted by Crippen LogP contribution is 2.38. The number of aryl methyl sites for hydroxylation is 1. The van der Waals surface area contributed by atoms with Crippen molar-refractivity contribution < 1.29 is 18.7 Å². The molecule has 3 aromatic rings. The zero-order valence-corrected chi connectivity index (χ0v) is 21.0. The van der Waals surface area contributed by atoms with E-state index >= 15 is 0 Å². The van der Waals surface area contributed by atoms with Gasteiger partial charge in [-0.15, -0.1) is 0 Å². The average Bonchev–Trinajstić information content (AvgIpc) is 3.37. The predicted octanol–water partition coefficient (Wildman–Crippen LogP) is 4.70. The third-order valence-corrected chi connectivity index (χ3v) is 6.46. The molecule has 7 nitrogen and oxygen atoms in total. The number of ether oxygens (including phenoxy) is 1. The van der Waals surface area contributed by atoms with Crippen LogP contribution in [-0.2, 0) is 4.79 Å². The summed E-state index contributed by atoms with van der Waals surface area (Å²) in [6.45, 7) is 9.08. The number of nitrogens with zero attached hydrogens (tertiary/aromatic N) is 1. The molecule has 0 fully saturated rings. The number of carbonyl (C=O) groups excluding carboxylic acids is 2. The van der Waals surface area contributed by atoms with Gasteiger partial charge in [0.15, 0.2) is 0 Å². The molecule has 0 bridgehead atoms. The molecule has 3 N–H and O–H groups in total. The van der Waals surface area contributed by atoms with Gasteiger partial charge in [0.25, 0.3) is 11.8 Å². The van der Waals surface area contributed by atoms with Crippen molar-refractivity contribution in [1.29, 1.82) is 0 Å². The third-order valence-electron chi connectivity index (χ3n) is 6.46.